The van der Waals surface area contributed by atoms with E-state index >= 15 is 0 Å². The number of fused-ring (bicyclic) bond motifs is 1. The molecule has 0 unspecified atom stereocenters. The van der Waals surface area contributed by atoms with Gasteiger partial charge in [-0.2, -0.15) is 0 Å². The lowest BCUT2D eigenvalue weighted by Crippen LogP contribution is -2.44. The molecule has 0 bridgehead atoms. The molecule has 2 aliphatic rings. The molecule has 2 fully saturated rings. The fraction of sp³-hybridized carbons (Fsp3) is 0.625. The Labute approximate surface area is 91.0 Å². The van der Waals surface area contributed by atoms with Gasteiger partial charge >= 0.3 is 12.1 Å². The van der Waals surface area contributed by atoms with Crippen LogP contribution < -0.4 is 21.1 Å². The van der Waals surface area contributed by atoms with E-state index in [0.717, 1.165) is 0 Å². The van der Waals surface area contributed by atoms with Gasteiger partial charge in [0.15, 0.2) is 0 Å². The molecule has 0 spiro atoms. The number of nitrogens with one attached hydrogen (secondary N) is 3. The number of carbonyl (C=O) groups is 3. The molecule has 2 rings (SSSR count). The van der Waals surface area contributed by atoms with Gasteiger partial charge in [-0.1, -0.05) is 0 Å². The lowest BCUT2D eigenvalue weighted by molar-refractivity contribution is -0.305. The van der Waals surface area contributed by atoms with Crippen LogP contribution >= 0.6 is 0 Å². The number of nitrogens with zero attached hydrogens (tertiary/aromatic N) is 1. The summed E-state index contributed by atoms with van der Waals surface area (Å²) in [4.78, 5) is 34.0. The number of carboxylic acid groups (broad SMARTS) is 1. The number of aliphatic carboxylic acids is 1. The maximum Gasteiger partial charge on any atom is 0.320 e. The summed E-state index contributed by atoms with van der Waals surface area (Å²) in [5.41, 5.74) is 0. The van der Waals surface area contributed by atoms with Gasteiger partial charge < -0.3 is 30.8 Å². The number of hydrogen-bond acceptors (Lipinski definition) is 4. The first-order valence-electron chi connectivity index (χ1n) is 4.92. The Hall–Kier alpha value is -1.99. The molecule has 16 heavy (non-hydrogen) atoms. The summed E-state index contributed by atoms with van der Waals surface area (Å²) < 4.78 is 0. The molecular weight excluding hydrogens is 216 g/mol. The molecule has 0 saturated carbocycles. The maximum absolute atomic E-state index is 11.4. The number of amides is 4. The Morgan fingerprint density at radius 3 is 2.75 bits per heavy atom. The second-order valence-corrected chi connectivity index (χ2v) is 3.66. The van der Waals surface area contributed by atoms with Crippen molar-refractivity contribution in [2.45, 2.75) is 25.2 Å². The van der Waals surface area contributed by atoms with Crippen LogP contribution in [0, 0.1) is 0 Å². The minimum atomic E-state index is -1.15. The molecule has 3 N–H and O–H groups in total. The van der Waals surface area contributed by atoms with Crippen LogP contribution in [0.25, 0.3) is 0 Å². The standard InChI is InChI=1S/C8H12N4O4/c13-4(14)2-1-3-12-6-5(10-8(12)16)9-7(15)11-6/h5-6H,1-3H2,(H,10,16)(H,13,14)(H2,9,11,15)/p-1/t5-,6-/m1/s1. The molecule has 0 aromatic carbocycles. The molecule has 2 aliphatic heterocycles. The van der Waals surface area contributed by atoms with E-state index in [1.54, 1.807) is 0 Å². The molecule has 4 amide bonds. The number of carboxylic acids is 1. The molecule has 8 nitrogen and oxygen atoms in total. The SMILES string of the molecule is O=C([O-])CCCN1C(=O)N[C@H]2NC(=O)N[C@@H]21. The number of urea groups is 2. The molecule has 0 aliphatic carbocycles. The van der Waals surface area contributed by atoms with Crippen molar-refractivity contribution >= 4 is 18.0 Å². The lowest BCUT2D eigenvalue weighted by Gasteiger charge is -2.20. The van der Waals surface area contributed by atoms with Gasteiger partial charge in [-0.05, 0) is 12.8 Å². The van der Waals surface area contributed by atoms with Crippen molar-refractivity contribution in [3.05, 3.63) is 0 Å². The fourth-order valence-corrected chi connectivity index (χ4v) is 1.83. The molecule has 2 saturated heterocycles. The number of hydrogen-bond donors (Lipinski definition) is 3. The van der Waals surface area contributed by atoms with Crippen LogP contribution in [0.5, 0.6) is 0 Å². The van der Waals surface area contributed by atoms with Gasteiger partial charge in [0.2, 0.25) is 0 Å². The van der Waals surface area contributed by atoms with E-state index in [9.17, 15) is 19.5 Å². The van der Waals surface area contributed by atoms with Crippen molar-refractivity contribution in [1.29, 1.82) is 0 Å². The van der Waals surface area contributed by atoms with Crippen LogP contribution in [0.3, 0.4) is 0 Å². The summed E-state index contributed by atoms with van der Waals surface area (Å²) in [7, 11) is 0. The van der Waals surface area contributed by atoms with Gasteiger partial charge in [0, 0.05) is 12.5 Å². The molecule has 8 heteroatoms. The van der Waals surface area contributed by atoms with Crippen LogP contribution in [-0.2, 0) is 4.79 Å². The van der Waals surface area contributed by atoms with E-state index in [2.05, 4.69) is 16.0 Å². The average Bonchev–Trinajstić information content (AvgIpc) is 2.64. The highest BCUT2D eigenvalue weighted by atomic mass is 16.4. The monoisotopic (exact) mass is 227 g/mol. The van der Waals surface area contributed by atoms with Gasteiger partial charge in [0.25, 0.3) is 0 Å². The Morgan fingerprint density at radius 1 is 1.31 bits per heavy atom. The fourth-order valence-electron chi connectivity index (χ4n) is 1.83. The highest BCUT2D eigenvalue weighted by molar-refractivity contribution is 5.84. The van der Waals surface area contributed by atoms with Crippen LogP contribution in [0.2, 0.25) is 0 Å². The minimum Gasteiger partial charge on any atom is -0.550 e. The van der Waals surface area contributed by atoms with Crippen molar-refractivity contribution in [1.82, 2.24) is 20.9 Å². The van der Waals surface area contributed by atoms with Gasteiger partial charge in [-0.15, -0.1) is 0 Å². The average molecular weight is 227 g/mol. The summed E-state index contributed by atoms with van der Waals surface area (Å²) in [5, 5.41) is 17.9. The van der Waals surface area contributed by atoms with Crippen LogP contribution in [-0.4, -0.2) is 41.8 Å². The van der Waals surface area contributed by atoms with E-state index in [0.29, 0.717) is 6.42 Å². The molecule has 2 heterocycles. The summed E-state index contributed by atoms with van der Waals surface area (Å²) in [6.45, 7) is 0.267. The molecule has 0 aromatic heterocycles. The van der Waals surface area contributed by atoms with E-state index < -0.39 is 18.3 Å². The zero-order valence-corrected chi connectivity index (χ0v) is 8.36. The second-order valence-electron chi connectivity index (χ2n) is 3.66. The highest BCUT2D eigenvalue weighted by Gasteiger charge is 2.44. The molecular formula is C8H11N4O4-. The largest absolute Gasteiger partial charge is 0.550 e. The minimum absolute atomic E-state index is 0.109. The lowest BCUT2D eigenvalue weighted by atomic mass is 10.3. The van der Waals surface area contributed by atoms with Crippen molar-refractivity contribution in [2.75, 3.05) is 6.54 Å². The Balaban J connectivity index is 1.90. The predicted molar refractivity (Wildman–Crippen MR) is 48.7 cm³/mol. The topological polar surface area (TPSA) is 114 Å². The van der Waals surface area contributed by atoms with Crippen LogP contribution in [0.4, 0.5) is 9.59 Å². The number of rotatable bonds is 4. The summed E-state index contributed by atoms with van der Waals surface area (Å²) >= 11 is 0. The quantitative estimate of drug-likeness (QED) is 0.493. The molecule has 88 valence electrons. The van der Waals surface area contributed by atoms with E-state index in [1.165, 1.54) is 4.90 Å². The van der Waals surface area contributed by atoms with Crippen molar-refractivity contribution in [3.63, 3.8) is 0 Å². The smallest absolute Gasteiger partial charge is 0.320 e. The molecule has 0 aromatic rings. The summed E-state index contributed by atoms with van der Waals surface area (Å²) in [6, 6.07) is -0.666. The summed E-state index contributed by atoms with van der Waals surface area (Å²) in [6.07, 6.45) is -0.693. The third-order valence-corrected chi connectivity index (χ3v) is 2.54. The first kappa shape index (κ1) is 10.5. The van der Waals surface area contributed by atoms with Crippen molar-refractivity contribution < 1.29 is 19.5 Å². The molecule has 2 atom stereocenters. The second kappa shape index (κ2) is 3.87. The van der Waals surface area contributed by atoms with E-state index in [1.807, 2.05) is 0 Å². The number of carbonyl (C=O) groups excluding carboxylic acids is 3. The molecule has 0 radical (unpaired) electrons. The Bertz CT molecular complexity index is 345. The normalized spacial score (nSPS) is 27.1. The van der Waals surface area contributed by atoms with Crippen molar-refractivity contribution in [3.8, 4) is 0 Å². The maximum atomic E-state index is 11.4. The first-order chi connectivity index (χ1) is 7.58. The van der Waals surface area contributed by atoms with Crippen LogP contribution in [0.1, 0.15) is 12.8 Å². The van der Waals surface area contributed by atoms with Gasteiger partial charge in [-0.3, -0.25) is 0 Å². The Morgan fingerprint density at radius 2 is 2.06 bits per heavy atom. The van der Waals surface area contributed by atoms with E-state index in [-0.39, 0.29) is 25.0 Å². The third kappa shape index (κ3) is 1.86. The predicted octanol–water partition coefficient (Wildman–Crippen LogP) is -2.49. The Kier molecular flexibility index (Phi) is 2.55. The van der Waals surface area contributed by atoms with Crippen molar-refractivity contribution in [2.24, 2.45) is 0 Å². The van der Waals surface area contributed by atoms with Gasteiger partial charge in [0.05, 0.1) is 0 Å². The van der Waals surface area contributed by atoms with E-state index in [4.69, 9.17) is 0 Å². The van der Waals surface area contributed by atoms with Gasteiger partial charge in [-0.25, -0.2) is 9.59 Å². The van der Waals surface area contributed by atoms with Gasteiger partial charge in [0.1, 0.15) is 12.3 Å². The first-order valence-corrected chi connectivity index (χ1v) is 4.92. The zero-order valence-electron chi connectivity index (χ0n) is 8.36. The van der Waals surface area contributed by atoms with Crippen LogP contribution in [0.15, 0.2) is 0 Å². The summed E-state index contributed by atoms with van der Waals surface area (Å²) in [5.74, 6) is -1.15. The third-order valence-electron chi connectivity index (χ3n) is 2.54. The zero-order chi connectivity index (χ0) is 11.7. The highest BCUT2D eigenvalue weighted by Crippen LogP contribution is 2.14.